The van der Waals surface area contributed by atoms with Gasteiger partial charge in [-0.3, -0.25) is 4.79 Å². The number of likely N-dealkylation sites (tertiary alicyclic amines) is 1. The summed E-state index contributed by atoms with van der Waals surface area (Å²) in [5, 5.41) is 19.9. The number of rotatable bonds is 9. The predicted molar refractivity (Wildman–Crippen MR) is 125 cm³/mol. The van der Waals surface area contributed by atoms with Crippen LogP contribution in [-0.4, -0.2) is 84.1 Å². The van der Waals surface area contributed by atoms with E-state index < -0.39 is 24.1 Å². The van der Waals surface area contributed by atoms with E-state index in [9.17, 15) is 24.6 Å². The molecular weight excluding hydrogens is 460 g/mol. The van der Waals surface area contributed by atoms with Gasteiger partial charge in [-0.25, -0.2) is 14.6 Å². The lowest BCUT2D eigenvalue weighted by molar-refractivity contribution is -0.163. The number of thioether (sulfide) groups is 1. The lowest BCUT2D eigenvalue weighted by Crippen LogP contribution is -2.63. The molecule has 0 bridgehead atoms. The normalized spacial score (nSPS) is 29.1. The topological polar surface area (TPSA) is 125 Å². The largest absolute Gasteiger partial charge is 0.477 e. The lowest BCUT2D eigenvalue weighted by atomic mass is 9.79. The highest BCUT2D eigenvalue weighted by molar-refractivity contribution is 8.03. The number of hydrogen-bond acceptors (Lipinski definition) is 7. The Kier molecular flexibility index (Phi) is 7.04. The van der Waals surface area contributed by atoms with Crippen LogP contribution in [0.3, 0.4) is 0 Å². The Labute approximate surface area is 202 Å². The van der Waals surface area contributed by atoms with Gasteiger partial charge >= 0.3 is 12.1 Å². The maximum atomic E-state index is 12.7. The zero-order chi connectivity index (χ0) is 24.6. The number of β-lactam (4-membered cyclic amide) rings is 1. The van der Waals surface area contributed by atoms with Crippen LogP contribution in [0.15, 0.2) is 42.0 Å². The first-order chi connectivity index (χ1) is 16.2. The molecule has 34 heavy (non-hydrogen) atoms. The summed E-state index contributed by atoms with van der Waals surface area (Å²) < 4.78 is 7.24. The summed E-state index contributed by atoms with van der Waals surface area (Å²) in [5.74, 6) is -2.30. The summed E-state index contributed by atoms with van der Waals surface area (Å²) in [7, 11) is 0. The molecule has 3 aliphatic rings. The monoisotopic (exact) mass is 490 g/mol. The number of aryl methyl sites for hydroxylation is 1. The first kappa shape index (κ1) is 24.3. The van der Waals surface area contributed by atoms with Crippen LogP contribution >= 0.6 is 11.8 Å². The fraction of sp³-hybridized carbons (Fsp3) is 0.565. The number of hydrogen-bond donors (Lipinski definition) is 2. The Morgan fingerprint density at radius 3 is 2.82 bits per heavy atom. The third kappa shape index (κ3) is 4.34. The highest BCUT2D eigenvalue weighted by Crippen LogP contribution is 2.52. The van der Waals surface area contributed by atoms with E-state index in [0.29, 0.717) is 30.8 Å². The van der Waals surface area contributed by atoms with Crippen LogP contribution in [0.4, 0.5) is 4.79 Å². The number of fused-ring (bicyclic) bond motifs is 1. The number of nitrogens with zero attached hydrogens (tertiary/aromatic N) is 4. The second kappa shape index (κ2) is 9.83. The average molecular weight is 491 g/mol. The molecule has 2 saturated heterocycles. The van der Waals surface area contributed by atoms with Crippen LogP contribution < -0.4 is 0 Å². The van der Waals surface area contributed by atoms with Gasteiger partial charge in [0.05, 0.1) is 24.4 Å². The van der Waals surface area contributed by atoms with Crippen molar-refractivity contribution in [2.45, 2.75) is 56.7 Å². The molecule has 2 N–H and O–H groups in total. The van der Waals surface area contributed by atoms with Crippen molar-refractivity contribution in [2.24, 2.45) is 11.8 Å². The number of carbonyl (C=O) groups excluding carboxylic acids is 2. The van der Waals surface area contributed by atoms with E-state index >= 15 is 0 Å². The number of imidazole rings is 1. The van der Waals surface area contributed by atoms with Gasteiger partial charge in [0.15, 0.2) is 0 Å². The highest BCUT2D eigenvalue weighted by Gasteiger charge is 2.60. The molecular formula is C23H30N4O6S. The Morgan fingerprint density at radius 2 is 2.21 bits per heavy atom. The van der Waals surface area contributed by atoms with E-state index in [1.165, 1.54) is 22.7 Å². The van der Waals surface area contributed by atoms with Gasteiger partial charge in [-0.1, -0.05) is 19.6 Å². The molecule has 2 fully saturated rings. The zero-order valence-corrected chi connectivity index (χ0v) is 20.1. The van der Waals surface area contributed by atoms with E-state index in [-0.39, 0.29) is 41.5 Å². The van der Waals surface area contributed by atoms with Crippen LogP contribution in [0.2, 0.25) is 0 Å². The lowest BCUT2D eigenvalue weighted by Gasteiger charge is -2.46. The maximum Gasteiger partial charge on any atom is 0.410 e. The number of ether oxygens (including phenoxy) is 1. The van der Waals surface area contributed by atoms with Gasteiger partial charge in [-0.2, -0.15) is 0 Å². The minimum Gasteiger partial charge on any atom is -0.477 e. The molecule has 4 heterocycles. The number of aromatic nitrogens is 2. The van der Waals surface area contributed by atoms with Gasteiger partial charge in [-0.15, -0.1) is 11.8 Å². The molecule has 0 unspecified atom stereocenters. The van der Waals surface area contributed by atoms with Gasteiger partial charge in [0.1, 0.15) is 12.3 Å². The molecule has 0 aliphatic carbocycles. The minimum atomic E-state index is -1.15. The quantitative estimate of drug-likeness (QED) is 0.397. The Morgan fingerprint density at radius 1 is 1.44 bits per heavy atom. The first-order valence-corrected chi connectivity index (χ1v) is 12.3. The summed E-state index contributed by atoms with van der Waals surface area (Å²) in [5.41, 5.74) is 0.00653. The molecule has 1 aromatic rings. The molecule has 0 radical (unpaired) electrons. The van der Waals surface area contributed by atoms with Crippen molar-refractivity contribution in [3.63, 3.8) is 0 Å². The van der Waals surface area contributed by atoms with Crippen molar-refractivity contribution in [2.75, 3.05) is 13.2 Å². The standard InChI is InChI=1S/C23H30N4O6S/c1-4-9-33-23(32)26-11-16(10-15(26)5-7-25-8-6-24-12-25)34-20-13(2)18-17(14(3)28)21(29)27(18)19(20)22(30)31/h4,6,8,12-18,28H,1,5,7,9-11H2,2-3H3,(H,30,31)/t13-,14-,15-,16+,17-,18-/m1/s1. The first-order valence-electron chi connectivity index (χ1n) is 11.4. The van der Waals surface area contributed by atoms with Gasteiger partial charge in [0, 0.05) is 47.6 Å². The van der Waals surface area contributed by atoms with E-state index in [2.05, 4.69) is 11.6 Å². The summed E-state index contributed by atoms with van der Waals surface area (Å²) in [6.07, 6.45) is 6.93. The van der Waals surface area contributed by atoms with Crippen molar-refractivity contribution in [1.82, 2.24) is 19.4 Å². The molecule has 10 nitrogen and oxygen atoms in total. The number of aliphatic hydroxyl groups is 1. The van der Waals surface area contributed by atoms with Gasteiger partial charge in [-0.05, 0) is 19.8 Å². The van der Waals surface area contributed by atoms with Crippen LogP contribution in [0.5, 0.6) is 0 Å². The van der Waals surface area contributed by atoms with Crippen LogP contribution in [0.25, 0.3) is 0 Å². The molecule has 0 aromatic carbocycles. The minimum absolute atomic E-state index is 0.00653. The summed E-state index contributed by atoms with van der Waals surface area (Å²) in [4.78, 5) is 45.1. The number of carboxylic acid groups (broad SMARTS) is 1. The molecule has 6 atom stereocenters. The molecule has 11 heteroatoms. The zero-order valence-electron chi connectivity index (χ0n) is 19.2. The molecule has 184 valence electrons. The van der Waals surface area contributed by atoms with Crippen molar-refractivity contribution < 1.29 is 29.3 Å². The molecule has 0 saturated carbocycles. The van der Waals surface area contributed by atoms with Crippen molar-refractivity contribution in [1.29, 1.82) is 0 Å². The average Bonchev–Trinajstić information content (AvgIpc) is 3.49. The molecule has 1 aromatic heterocycles. The van der Waals surface area contributed by atoms with Crippen molar-refractivity contribution in [3.8, 4) is 0 Å². The predicted octanol–water partition coefficient (Wildman–Crippen LogP) is 1.93. The summed E-state index contributed by atoms with van der Waals surface area (Å²) in [6, 6.07) is -0.431. The van der Waals surface area contributed by atoms with E-state index in [4.69, 9.17) is 4.74 Å². The van der Waals surface area contributed by atoms with Gasteiger partial charge < -0.3 is 29.3 Å². The highest BCUT2D eigenvalue weighted by atomic mass is 32.2. The van der Waals surface area contributed by atoms with E-state index in [0.717, 1.165) is 0 Å². The Balaban J connectivity index is 1.52. The molecule has 0 spiro atoms. The smallest absolute Gasteiger partial charge is 0.410 e. The molecule has 3 aliphatic heterocycles. The Bertz CT molecular complexity index is 994. The SMILES string of the molecule is C=CCOC(=O)N1C[C@@H](SC2=C(C(=O)O)N3C(=O)[C@H]([C@@H](C)O)[C@H]3[C@H]2C)C[C@H]1CCn1ccnc1. The van der Waals surface area contributed by atoms with Gasteiger partial charge in [0.2, 0.25) is 5.91 Å². The Hall–Kier alpha value is -2.79. The second-order valence-electron chi connectivity index (χ2n) is 9.01. The van der Waals surface area contributed by atoms with E-state index in [1.807, 2.05) is 17.7 Å². The number of aliphatic hydroxyl groups excluding tert-OH is 1. The van der Waals surface area contributed by atoms with Crippen molar-refractivity contribution >= 4 is 29.7 Å². The number of carbonyl (C=O) groups is 3. The second-order valence-corrected chi connectivity index (χ2v) is 10.4. The van der Waals surface area contributed by atoms with Gasteiger partial charge in [0.25, 0.3) is 0 Å². The van der Waals surface area contributed by atoms with Crippen LogP contribution in [-0.2, 0) is 20.9 Å². The van der Waals surface area contributed by atoms with Crippen LogP contribution in [0, 0.1) is 11.8 Å². The third-order valence-corrected chi connectivity index (χ3v) is 8.31. The summed E-state index contributed by atoms with van der Waals surface area (Å²) >= 11 is 1.43. The third-order valence-electron chi connectivity index (χ3n) is 6.82. The summed E-state index contributed by atoms with van der Waals surface area (Å²) in [6.45, 7) is 8.27. The number of aliphatic carboxylic acids is 1. The van der Waals surface area contributed by atoms with E-state index in [1.54, 1.807) is 24.3 Å². The molecule has 2 amide bonds. The fourth-order valence-corrected chi connectivity index (χ4v) is 6.81. The van der Waals surface area contributed by atoms with Crippen LogP contribution in [0.1, 0.15) is 26.7 Å². The number of carboxylic acids is 1. The molecule has 4 rings (SSSR count). The number of amides is 2. The van der Waals surface area contributed by atoms with Crippen molar-refractivity contribution in [3.05, 3.63) is 42.0 Å². The maximum absolute atomic E-state index is 12.7. The fourth-order valence-electron chi connectivity index (χ4n) is 5.24.